The van der Waals surface area contributed by atoms with Crippen molar-refractivity contribution in [3.05, 3.63) is 63.1 Å². The lowest BCUT2D eigenvalue weighted by Crippen LogP contribution is -2.50. The quantitative estimate of drug-likeness (QED) is 0.507. The van der Waals surface area contributed by atoms with Crippen LogP contribution in [0.15, 0.2) is 42.5 Å². The van der Waals surface area contributed by atoms with Crippen molar-refractivity contribution in [2.45, 2.75) is 39.3 Å². The maximum Gasteiger partial charge on any atom is 0.261 e. The minimum Gasteiger partial charge on any atom is -0.482 e. The van der Waals surface area contributed by atoms with Crippen molar-refractivity contribution in [1.82, 2.24) is 10.2 Å². The van der Waals surface area contributed by atoms with Gasteiger partial charge in [-0.05, 0) is 48.7 Å². The molecule has 2 aromatic carbocycles. The zero-order valence-electron chi connectivity index (χ0n) is 17.0. The minimum absolute atomic E-state index is 0.189. The summed E-state index contributed by atoms with van der Waals surface area (Å²) in [6.45, 7) is 4.39. The molecular weight excluding hydrogens is 447 g/mol. The first kappa shape index (κ1) is 24.3. The summed E-state index contributed by atoms with van der Waals surface area (Å²) >= 11 is 18.0. The molecule has 0 saturated carbocycles. The molecule has 2 rings (SSSR count). The summed E-state index contributed by atoms with van der Waals surface area (Å²) in [7, 11) is 0. The van der Waals surface area contributed by atoms with Gasteiger partial charge in [0.15, 0.2) is 6.61 Å². The fraction of sp³-hybridized carbons (Fsp3) is 0.364. The van der Waals surface area contributed by atoms with Crippen molar-refractivity contribution in [2.75, 3.05) is 13.2 Å². The molecule has 2 amide bonds. The van der Waals surface area contributed by atoms with Gasteiger partial charge in [0.05, 0.1) is 5.02 Å². The molecule has 162 valence electrons. The predicted molar refractivity (Wildman–Crippen MR) is 121 cm³/mol. The van der Waals surface area contributed by atoms with Crippen LogP contribution in [0.3, 0.4) is 0 Å². The zero-order chi connectivity index (χ0) is 22.1. The third-order valence-electron chi connectivity index (χ3n) is 4.45. The third-order valence-corrected chi connectivity index (χ3v) is 5.23. The van der Waals surface area contributed by atoms with E-state index >= 15 is 0 Å². The summed E-state index contributed by atoms with van der Waals surface area (Å²) in [5.74, 6) is -0.162. The molecule has 0 saturated heterocycles. The zero-order valence-corrected chi connectivity index (χ0v) is 19.2. The van der Waals surface area contributed by atoms with Gasteiger partial charge in [0, 0.05) is 23.1 Å². The average molecular weight is 472 g/mol. The number of halogens is 3. The SMILES string of the molecule is CCCNC(=O)[C@@H](CC)N(Cc1ccc(Cl)cc1)C(=O)COc1ccc(Cl)cc1Cl. The largest absolute Gasteiger partial charge is 0.482 e. The average Bonchev–Trinajstić information content (AvgIpc) is 2.72. The van der Waals surface area contributed by atoms with Gasteiger partial charge >= 0.3 is 0 Å². The molecule has 5 nitrogen and oxygen atoms in total. The van der Waals surface area contributed by atoms with Gasteiger partial charge in [-0.1, -0.05) is 60.8 Å². The summed E-state index contributed by atoms with van der Waals surface area (Å²) < 4.78 is 5.61. The van der Waals surface area contributed by atoms with Crippen LogP contribution in [0.5, 0.6) is 5.75 Å². The number of nitrogens with zero attached hydrogens (tertiary/aromatic N) is 1. The van der Waals surface area contributed by atoms with Gasteiger partial charge in [-0.3, -0.25) is 9.59 Å². The van der Waals surface area contributed by atoms with Crippen molar-refractivity contribution in [2.24, 2.45) is 0 Å². The van der Waals surface area contributed by atoms with E-state index in [-0.39, 0.29) is 25.0 Å². The Bertz CT molecular complexity index is 859. The number of hydrogen-bond donors (Lipinski definition) is 1. The van der Waals surface area contributed by atoms with Crippen molar-refractivity contribution in [3.8, 4) is 5.75 Å². The fourth-order valence-corrected chi connectivity index (χ4v) is 3.48. The number of rotatable bonds is 10. The van der Waals surface area contributed by atoms with Crippen molar-refractivity contribution < 1.29 is 14.3 Å². The highest BCUT2D eigenvalue weighted by Crippen LogP contribution is 2.27. The molecule has 0 fully saturated rings. The summed E-state index contributed by atoms with van der Waals surface area (Å²) in [4.78, 5) is 27.3. The number of hydrogen-bond acceptors (Lipinski definition) is 3. The Morgan fingerprint density at radius 3 is 2.30 bits per heavy atom. The van der Waals surface area contributed by atoms with E-state index in [0.717, 1.165) is 12.0 Å². The minimum atomic E-state index is -0.621. The molecule has 1 N–H and O–H groups in total. The first-order valence-corrected chi connectivity index (χ1v) is 10.9. The Labute approximate surface area is 192 Å². The lowest BCUT2D eigenvalue weighted by Gasteiger charge is -2.30. The lowest BCUT2D eigenvalue weighted by atomic mass is 10.1. The number of nitrogens with one attached hydrogen (secondary N) is 1. The lowest BCUT2D eigenvalue weighted by molar-refractivity contribution is -0.143. The van der Waals surface area contributed by atoms with E-state index in [1.165, 1.54) is 4.90 Å². The summed E-state index contributed by atoms with van der Waals surface area (Å²) in [5.41, 5.74) is 0.860. The monoisotopic (exact) mass is 470 g/mol. The second kappa shape index (κ2) is 12.0. The van der Waals surface area contributed by atoms with E-state index < -0.39 is 6.04 Å². The van der Waals surface area contributed by atoms with E-state index in [9.17, 15) is 9.59 Å². The Hall–Kier alpha value is -1.95. The van der Waals surface area contributed by atoms with Gasteiger partial charge in [0.25, 0.3) is 5.91 Å². The second-order valence-corrected chi connectivity index (χ2v) is 8.01. The smallest absolute Gasteiger partial charge is 0.261 e. The summed E-state index contributed by atoms with van der Waals surface area (Å²) in [6, 6.07) is 11.3. The third kappa shape index (κ3) is 7.08. The Morgan fingerprint density at radius 1 is 1.03 bits per heavy atom. The highest BCUT2D eigenvalue weighted by Gasteiger charge is 2.28. The maximum absolute atomic E-state index is 13.1. The van der Waals surface area contributed by atoms with E-state index in [1.807, 2.05) is 26.0 Å². The molecule has 0 heterocycles. The van der Waals surface area contributed by atoms with Crippen LogP contribution < -0.4 is 10.1 Å². The van der Waals surface area contributed by atoms with Crippen LogP contribution in [0.1, 0.15) is 32.3 Å². The van der Waals surface area contributed by atoms with Gasteiger partial charge in [-0.2, -0.15) is 0 Å². The summed E-state index contributed by atoms with van der Waals surface area (Å²) in [6.07, 6.45) is 1.28. The van der Waals surface area contributed by atoms with E-state index in [1.54, 1.807) is 30.3 Å². The standard InChI is InChI=1S/C22H25Cl3N2O3/c1-3-11-26-22(29)19(4-2)27(13-15-5-7-16(23)8-6-15)21(28)14-30-20-10-9-17(24)12-18(20)25/h5-10,12,19H,3-4,11,13-14H2,1-2H3,(H,26,29)/t19-/m1/s1. The molecule has 0 aliphatic carbocycles. The van der Waals surface area contributed by atoms with E-state index in [0.29, 0.717) is 33.8 Å². The van der Waals surface area contributed by atoms with Crippen LogP contribution in [0, 0.1) is 0 Å². The van der Waals surface area contributed by atoms with Crippen LogP contribution in [0.2, 0.25) is 15.1 Å². The second-order valence-electron chi connectivity index (χ2n) is 6.73. The molecule has 2 aromatic rings. The molecule has 0 aliphatic heterocycles. The molecular formula is C22H25Cl3N2O3. The molecule has 1 atom stereocenters. The Balaban J connectivity index is 2.20. The molecule has 0 unspecified atom stereocenters. The van der Waals surface area contributed by atoms with E-state index in [4.69, 9.17) is 39.5 Å². The van der Waals surface area contributed by atoms with Crippen molar-refractivity contribution in [1.29, 1.82) is 0 Å². The first-order chi connectivity index (χ1) is 14.3. The molecule has 0 aliphatic rings. The Morgan fingerprint density at radius 2 is 1.70 bits per heavy atom. The van der Waals surface area contributed by atoms with Crippen LogP contribution in [-0.4, -0.2) is 35.9 Å². The summed E-state index contributed by atoms with van der Waals surface area (Å²) in [5, 5.41) is 4.26. The molecule has 0 spiro atoms. The van der Waals surface area contributed by atoms with Crippen LogP contribution in [0.4, 0.5) is 0 Å². The molecule has 8 heteroatoms. The Kier molecular flexibility index (Phi) is 9.76. The number of carbonyl (C=O) groups is 2. The van der Waals surface area contributed by atoms with Gasteiger partial charge in [0.2, 0.25) is 5.91 Å². The number of benzene rings is 2. The number of ether oxygens (including phenoxy) is 1. The normalized spacial score (nSPS) is 11.6. The fourth-order valence-electron chi connectivity index (χ4n) is 2.89. The van der Waals surface area contributed by atoms with Crippen molar-refractivity contribution in [3.63, 3.8) is 0 Å². The predicted octanol–water partition coefficient (Wildman–Crippen LogP) is 5.36. The maximum atomic E-state index is 13.1. The highest BCUT2D eigenvalue weighted by molar-refractivity contribution is 6.35. The molecule has 0 aromatic heterocycles. The van der Waals surface area contributed by atoms with Crippen LogP contribution >= 0.6 is 34.8 Å². The molecule has 30 heavy (non-hydrogen) atoms. The number of carbonyl (C=O) groups excluding carboxylic acids is 2. The molecule has 0 radical (unpaired) electrons. The van der Waals surface area contributed by atoms with Gasteiger partial charge in [-0.25, -0.2) is 0 Å². The highest BCUT2D eigenvalue weighted by atomic mass is 35.5. The van der Waals surface area contributed by atoms with Gasteiger partial charge < -0.3 is 15.0 Å². The van der Waals surface area contributed by atoms with Crippen LogP contribution in [0.25, 0.3) is 0 Å². The van der Waals surface area contributed by atoms with Gasteiger partial charge in [-0.15, -0.1) is 0 Å². The molecule has 0 bridgehead atoms. The van der Waals surface area contributed by atoms with Crippen LogP contribution in [-0.2, 0) is 16.1 Å². The van der Waals surface area contributed by atoms with Crippen molar-refractivity contribution >= 4 is 46.6 Å². The topological polar surface area (TPSA) is 58.6 Å². The van der Waals surface area contributed by atoms with Gasteiger partial charge in [0.1, 0.15) is 11.8 Å². The number of amides is 2. The first-order valence-electron chi connectivity index (χ1n) is 9.75. The van der Waals surface area contributed by atoms with E-state index in [2.05, 4.69) is 5.32 Å².